The van der Waals surface area contributed by atoms with Crippen LogP contribution in [0.1, 0.15) is 16.8 Å². The van der Waals surface area contributed by atoms with Crippen LogP contribution in [0.2, 0.25) is 0 Å². The fourth-order valence-electron chi connectivity index (χ4n) is 2.03. The van der Waals surface area contributed by atoms with Crippen LogP contribution in [0.3, 0.4) is 0 Å². The highest BCUT2D eigenvalue weighted by Crippen LogP contribution is 2.35. The van der Waals surface area contributed by atoms with Gasteiger partial charge in [0.05, 0.1) is 4.92 Å². The van der Waals surface area contributed by atoms with Crippen molar-refractivity contribution < 1.29 is 32.4 Å². The van der Waals surface area contributed by atoms with Gasteiger partial charge in [-0.3, -0.25) is 14.9 Å². The van der Waals surface area contributed by atoms with Gasteiger partial charge in [0.1, 0.15) is 11.3 Å². The first-order valence-electron chi connectivity index (χ1n) is 6.12. The topological polar surface area (TPSA) is 96.0 Å². The molecule has 1 aliphatic heterocycles. The summed E-state index contributed by atoms with van der Waals surface area (Å²) in [7, 11) is 0. The lowest BCUT2D eigenvalue weighted by atomic mass is 10.1. The molecule has 1 heterocycles. The molecule has 1 aliphatic rings. The maximum atomic E-state index is 13.1. The van der Waals surface area contributed by atoms with Crippen molar-refractivity contribution in [3.63, 3.8) is 0 Å². The van der Waals surface area contributed by atoms with Crippen molar-refractivity contribution >= 4 is 17.3 Å². The van der Waals surface area contributed by atoms with E-state index in [0.29, 0.717) is 0 Å². The third kappa shape index (κ3) is 2.86. The van der Waals surface area contributed by atoms with Crippen molar-refractivity contribution in [2.45, 2.75) is 25.0 Å². The minimum absolute atomic E-state index is 0.221. The highest BCUT2D eigenvalue weighted by Gasteiger charge is 2.54. The van der Waals surface area contributed by atoms with Crippen molar-refractivity contribution in [2.24, 2.45) is 5.10 Å². The number of rotatable bonds is 4. The second kappa shape index (κ2) is 5.91. The molecule has 0 aliphatic carbocycles. The average Bonchev–Trinajstić information content (AvgIpc) is 2.86. The fraction of sp³-hybridized carbons (Fsp3) is 0.333. The SMILES string of the molecule is O=C(c1ccccc1[N+](=O)[O-])N1N=C(C(F)F)C[C@]1(O)C(F)F. The molecule has 1 aromatic rings. The first kappa shape index (κ1) is 16.8. The van der Waals surface area contributed by atoms with Crippen LogP contribution >= 0.6 is 0 Å². The number of nitrogens with zero attached hydrogens (tertiary/aromatic N) is 3. The van der Waals surface area contributed by atoms with Gasteiger partial charge in [-0.1, -0.05) is 12.1 Å². The summed E-state index contributed by atoms with van der Waals surface area (Å²) in [5.41, 5.74) is -5.78. The van der Waals surface area contributed by atoms with Crippen LogP contribution in [0.25, 0.3) is 0 Å². The molecule has 0 aromatic heterocycles. The van der Waals surface area contributed by atoms with Gasteiger partial charge < -0.3 is 5.11 Å². The summed E-state index contributed by atoms with van der Waals surface area (Å²) in [4.78, 5) is 22.2. The predicted molar refractivity (Wildman–Crippen MR) is 68.3 cm³/mol. The Morgan fingerprint density at radius 1 is 1.35 bits per heavy atom. The van der Waals surface area contributed by atoms with E-state index in [1.807, 2.05) is 0 Å². The molecule has 124 valence electrons. The number of benzene rings is 1. The molecular weight excluding hydrogens is 326 g/mol. The van der Waals surface area contributed by atoms with E-state index >= 15 is 0 Å². The zero-order valence-corrected chi connectivity index (χ0v) is 11.2. The molecule has 1 amide bonds. The van der Waals surface area contributed by atoms with Crippen LogP contribution in [-0.2, 0) is 0 Å². The predicted octanol–water partition coefficient (Wildman–Crippen LogP) is 2.02. The largest absolute Gasteiger partial charge is 0.364 e. The van der Waals surface area contributed by atoms with Crippen LogP contribution in [-0.4, -0.2) is 45.2 Å². The Kier molecular flexibility index (Phi) is 4.32. The zero-order chi connectivity index (χ0) is 17.4. The van der Waals surface area contributed by atoms with Gasteiger partial charge >= 0.3 is 0 Å². The molecule has 0 fully saturated rings. The molecule has 0 bridgehead atoms. The number of amides is 1. The second-order valence-electron chi connectivity index (χ2n) is 4.64. The number of para-hydroxylation sites is 1. The van der Waals surface area contributed by atoms with E-state index in [2.05, 4.69) is 5.10 Å². The molecule has 1 atom stereocenters. The lowest BCUT2D eigenvalue weighted by Gasteiger charge is -2.29. The highest BCUT2D eigenvalue weighted by molar-refractivity contribution is 6.01. The monoisotopic (exact) mass is 335 g/mol. The van der Waals surface area contributed by atoms with Gasteiger partial charge in [-0.25, -0.2) is 17.6 Å². The van der Waals surface area contributed by atoms with Crippen LogP contribution in [0.15, 0.2) is 29.4 Å². The number of halogens is 4. The summed E-state index contributed by atoms with van der Waals surface area (Å²) in [6, 6.07) is 4.33. The first-order chi connectivity index (χ1) is 10.7. The summed E-state index contributed by atoms with van der Waals surface area (Å²) in [5, 5.41) is 23.5. The number of nitro benzene ring substituents is 1. The summed E-state index contributed by atoms with van der Waals surface area (Å²) in [5.74, 6) is -1.48. The molecule has 0 saturated heterocycles. The van der Waals surface area contributed by atoms with Crippen LogP contribution in [0, 0.1) is 10.1 Å². The van der Waals surface area contributed by atoms with Gasteiger partial charge in [-0.05, 0) is 6.07 Å². The normalized spacial score (nSPS) is 21.0. The molecule has 2 rings (SSSR count). The number of hydrogen-bond donors (Lipinski definition) is 1. The molecule has 1 N–H and O–H groups in total. The van der Waals surface area contributed by atoms with Gasteiger partial charge in [0, 0.05) is 12.5 Å². The molecule has 7 nitrogen and oxygen atoms in total. The Bertz CT molecular complexity index is 682. The summed E-state index contributed by atoms with van der Waals surface area (Å²) >= 11 is 0. The van der Waals surface area contributed by atoms with Crippen LogP contribution in [0.5, 0.6) is 0 Å². The summed E-state index contributed by atoms with van der Waals surface area (Å²) < 4.78 is 51.4. The van der Waals surface area contributed by atoms with E-state index in [4.69, 9.17) is 0 Å². The van der Waals surface area contributed by atoms with Crippen molar-refractivity contribution in [1.29, 1.82) is 0 Å². The van der Waals surface area contributed by atoms with Gasteiger partial charge in [0.2, 0.25) is 5.72 Å². The fourth-order valence-corrected chi connectivity index (χ4v) is 2.03. The number of hydrazone groups is 1. The molecule has 0 spiro atoms. The molecular formula is C12H9F4N3O4. The van der Waals surface area contributed by atoms with Gasteiger partial charge in [-0.2, -0.15) is 10.1 Å². The molecule has 11 heteroatoms. The van der Waals surface area contributed by atoms with Crippen molar-refractivity contribution in [2.75, 3.05) is 0 Å². The average molecular weight is 335 g/mol. The quantitative estimate of drug-likeness (QED) is 0.517. The molecule has 1 aromatic carbocycles. The summed E-state index contributed by atoms with van der Waals surface area (Å²) in [6.45, 7) is 0. The van der Waals surface area contributed by atoms with Crippen molar-refractivity contribution in [3.05, 3.63) is 39.9 Å². The maximum Gasteiger partial charge on any atom is 0.287 e. The molecule has 0 radical (unpaired) electrons. The van der Waals surface area contributed by atoms with Crippen molar-refractivity contribution in [3.8, 4) is 0 Å². The smallest absolute Gasteiger partial charge is 0.287 e. The molecule has 0 saturated carbocycles. The van der Waals surface area contributed by atoms with E-state index in [1.54, 1.807) is 0 Å². The number of alkyl halides is 4. The Hall–Kier alpha value is -2.56. The summed E-state index contributed by atoms with van der Waals surface area (Å²) in [6.07, 6.45) is -8.12. The lowest BCUT2D eigenvalue weighted by molar-refractivity contribution is -0.385. The Balaban J connectivity index is 2.50. The first-order valence-corrected chi connectivity index (χ1v) is 6.12. The van der Waals surface area contributed by atoms with Crippen LogP contribution < -0.4 is 0 Å². The van der Waals surface area contributed by atoms with Gasteiger partial charge in [0.15, 0.2) is 0 Å². The minimum atomic E-state index is -3.60. The van der Waals surface area contributed by atoms with E-state index in [0.717, 1.165) is 12.1 Å². The lowest BCUT2D eigenvalue weighted by Crippen LogP contribution is -2.51. The van der Waals surface area contributed by atoms with E-state index in [-0.39, 0.29) is 5.01 Å². The Morgan fingerprint density at radius 2 is 1.96 bits per heavy atom. The number of hydrogen-bond acceptors (Lipinski definition) is 5. The highest BCUT2D eigenvalue weighted by atomic mass is 19.3. The maximum absolute atomic E-state index is 13.1. The zero-order valence-electron chi connectivity index (χ0n) is 11.2. The molecule has 0 unspecified atom stereocenters. The number of carbonyl (C=O) groups excluding carboxylic acids is 1. The molecule has 23 heavy (non-hydrogen) atoms. The third-order valence-electron chi connectivity index (χ3n) is 3.16. The van der Waals surface area contributed by atoms with Crippen molar-refractivity contribution in [1.82, 2.24) is 5.01 Å². The van der Waals surface area contributed by atoms with E-state index < -0.39 is 52.8 Å². The number of nitro groups is 1. The number of carbonyl (C=O) groups is 1. The van der Waals surface area contributed by atoms with Gasteiger partial charge in [-0.15, -0.1) is 0 Å². The minimum Gasteiger partial charge on any atom is -0.364 e. The van der Waals surface area contributed by atoms with E-state index in [9.17, 15) is 37.6 Å². The van der Waals surface area contributed by atoms with Crippen LogP contribution in [0.4, 0.5) is 23.2 Å². The standard InChI is InChI=1S/C12H9F4N3O4/c13-9(14)7-5-12(21,11(15)16)18(17-7)10(20)6-3-1-2-4-8(6)19(22)23/h1-4,9,11,21H,5H2/t12-/m0/s1. The Morgan fingerprint density at radius 3 is 2.48 bits per heavy atom. The number of aliphatic hydroxyl groups is 1. The Labute approximate surface area is 126 Å². The van der Waals surface area contributed by atoms with E-state index in [1.165, 1.54) is 12.1 Å². The van der Waals surface area contributed by atoms with Gasteiger partial charge in [0.25, 0.3) is 24.4 Å². The third-order valence-corrected chi connectivity index (χ3v) is 3.16. The second-order valence-corrected chi connectivity index (χ2v) is 4.64.